The molecular formula is C13H17N3O. The molecule has 1 unspecified atom stereocenters. The largest absolute Gasteiger partial charge is 0.378 e. The molecule has 0 saturated carbocycles. The first-order chi connectivity index (χ1) is 8.29. The number of aromatic nitrogens is 1. The molecule has 2 rings (SSSR count). The van der Waals surface area contributed by atoms with Gasteiger partial charge in [0.25, 0.3) is 0 Å². The predicted molar refractivity (Wildman–Crippen MR) is 65.8 cm³/mol. The van der Waals surface area contributed by atoms with Crippen molar-refractivity contribution in [2.45, 2.75) is 32.3 Å². The molecule has 0 aromatic carbocycles. The highest BCUT2D eigenvalue weighted by Crippen LogP contribution is 2.16. The maximum absolute atomic E-state index is 8.97. The average Bonchev–Trinajstić information content (AvgIpc) is 2.82. The summed E-state index contributed by atoms with van der Waals surface area (Å²) in [6.45, 7) is 3.61. The van der Waals surface area contributed by atoms with Crippen LogP contribution in [-0.2, 0) is 4.74 Å². The highest BCUT2D eigenvalue weighted by molar-refractivity contribution is 5.52. The van der Waals surface area contributed by atoms with Crippen molar-refractivity contribution in [3.05, 3.63) is 23.4 Å². The molecule has 1 saturated heterocycles. The minimum atomic E-state index is 0.373. The fraction of sp³-hybridized carbons (Fsp3) is 0.538. The molecule has 1 N–H and O–H groups in total. The minimum absolute atomic E-state index is 0.373. The van der Waals surface area contributed by atoms with Crippen molar-refractivity contribution in [1.82, 2.24) is 4.98 Å². The molecule has 17 heavy (non-hydrogen) atoms. The van der Waals surface area contributed by atoms with Crippen LogP contribution in [0, 0.1) is 18.3 Å². The third-order valence-electron chi connectivity index (χ3n) is 2.94. The Morgan fingerprint density at radius 1 is 1.59 bits per heavy atom. The van der Waals surface area contributed by atoms with Crippen LogP contribution in [0.5, 0.6) is 0 Å². The molecule has 0 bridgehead atoms. The Morgan fingerprint density at radius 3 is 3.18 bits per heavy atom. The third kappa shape index (κ3) is 3.18. The number of aryl methyl sites for hydroxylation is 1. The van der Waals surface area contributed by atoms with Gasteiger partial charge >= 0.3 is 0 Å². The number of ether oxygens (including phenoxy) is 1. The van der Waals surface area contributed by atoms with Gasteiger partial charge in [-0.1, -0.05) is 0 Å². The molecule has 1 aromatic rings. The van der Waals surface area contributed by atoms with E-state index in [9.17, 15) is 0 Å². The molecular weight excluding hydrogens is 214 g/mol. The molecule has 1 aliphatic heterocycles. The van der Waals surface area contributed by atoms with Crippen LogP contribution in [-0.4, -0.2) is 24.2 Å². The lowest BCUT2D eigenvalue weighted by molar-refractivity contribution is 0.107. The number of nitrogens with one attached hydrogen (secondary N) is 1. The van der Waals surface area contributed by atoms with E-state index in [1.807, 2.05) is 13.0 Å². The van der Waals surface area contributed by atoms with Crippen LogP contribution in [0.3, 0.4) is 0 Å². The number of rotatable bonds is 4. The summed E-state index contributed by atoms with van der Waals surface area (Å²) in [5, 5.41) is 12.2. The van der Waals surface area contributed by atoms with Gasteiger partial charge in [0.15, 0.2) is 0 Å². The van der Waals surface area contributed by atoms with Gasteiger partial charge in [-0.3, -0.25) is 0 Å². The van der Waals surface area contributed by atoms with Crippen LogP contribution in [0.15, 0.2) is 12.1 Å². The normalized spacial score (nSPS) is 18.9. The summed E-state index contributed by atoms with van der Waals surface area (Å²) in [7, 11) is 0. The van der Waals surface area contributed by atoms with E-state index in [-0.39, 0.29) is 0 Å². The van der Waals surface area contributed by atoms with Crippen LogP contribution in [0.2, 0.25) is 0 Å². The van der Waals surface area contributed by atoms with Crippen LogP contribution in [0.4, 0.5) is 5.82 Å². The molecule has 1 atom stereocenters. The van der Waals surface area contributed by atoms with Gasteiger partial charge in [-0.15, -0.1) is 0 Å². The molecule has 0 aliphatic carbocycles. The number of pyridine rings is 1. The SMILES string of the molecule is Cc1ccc(C#N)c(NCCC2CCCO2)n1. The van der Waals surface area contributed by atoms with Gasteiger partial charge < -0.3 is 10.1 Å². The second-order valence-corrected chi connectivity index (χ2v) is 4.31. The summed E-state index contributed by atoms with van der Waals surface area (Å²) in [5.41, 5.74) is 1.52. The molecule has 0 amide bonds. The zero-order chi connectivity index (χ0) is 12.1. The highest BCUT2D eigenvalue weighted by atomic mass is 16.5. The molecule has 4 heteroatoms. The van der Waals surface area contributed by atoms with Crippen molar-refractivity contribution >= 4 is 5.82 Å². The van der Waals surface area contributed by atoms with Crippen LogP contribution in [0.1, 0.15) is 30.5 Å². The molecule has 1 fully saturated rings. The van der Waals surface area contributed by atoms with Gasteiger partial charge in [-0.25, -0.2) is 4.98 Å². The Bertz CT molecular complexity index is 419. The van der Waals surface area contributed by atoms with Crippen molar-refractivity contribution in [3.63, 3.8) is 0 Å². The summed E-state index contributed by atoms with van der Waals surface area (Å²) in [4.78, 5) is 4.33. The van der Waals surface area contributed by atoms with Crippen molar-refractivity contribution in [2.75, 3.05) is 18.5 Å². The van der Waals surface area contributed by atoms with Crippen molar-refractivity contribution in [2.24, 2.45) is 0 Å². The van der Waals surface area contributed by atoms with E-state index in [0.29, 0.717) is 17.5 Å². The molecule has 90 valence electrons. The molecule has 0 radical (unpaired) electrons. The Labute approximate surface area is 102 Å². The predicted octanol–water partition coefficient (Wildman–Crippen LogP) is 2.24. The number of hydrogen-bond donors (Lipinski definition) is 1. The number of hydrogen-bond acceptors (Lipinski definition) is 4. The van der Waals surface area contributed by atoms with Gasteiger partial charge in [0.05, 0.1) is 11.7 Å². The summed E-state index contributed by atoms with van der Waals surface area (Å²) in [6.07, 6.45) is 3.66. The Balaban J connectivity index is 1.89. The van der Waals surface area contributed by atoms with Gasteiger partial charge in [0, 0.05) is 18.8 Å². The lowest BCUT2D eigenvalue weighted by atomic mass is 10.2. The molecule has 0 spiro atoms. The van der Waals surface area contributed by atoms with Gasteiger partial charge in [0.2, 0.25) is 0 Å². The molecule has 1 aromatic heterocycles. The first kappa shape index (κ1) is 11.9. The zero-order valence-electron chi connectivity index (χ0n) is 10.1. The maximum atomic E-state index is 8.97. The van der Waals surface area contributed by atoms with Crippen LogP contribution >= 0.6 is 0 Å². The van der Waals surface area contributed by atoms with Crippen LogP contribution in [0.25, 0.3) is 0 Å². The van der Waals surface area contributed by atoms with Crippen LogP contribution < -0.4 is 5.32 Å². The smallest absolute Gasteiger partial charge is 0.144 e. The van der Waals surface area contributed by atoms with E-state index in [2.05, 4.69) is 16.4 Å². The maximum Gasteiger partial charge on any atom is 0.144 e. The second kappa shape index (κ2) is 5.65. The standard InChI is InChI=1S/C13H17N3O/c1-10-4-5-11(9-14)13(16-10)15-7-6-12-3-2-8-17-12/h4-5,12H,2-3,6-8H2,1H3,(H,15,16). The third-order valence-corrected chi connectivity index (χ3v) is 2.94. The Kier molecular flexibility index (Phi) is 3.94. The number of nitrogens with zero attached hydrogens (tertiary/aromatic N) is 2. The van der Waals surface area contributed by atoms with Gasteiger partial charge in [-0.2, -0.15) is 5.26 Å². The summed E-state index contributed by atoms with van der Waals surface area (Å²) in [6, 6.07) is 5.80. The molecule has 2 heterocycles. The van der Waals surface area contributed by atoms with Gasteiger partial charge in [-0.05, 0) is 38.3 Å². The first-order valence-corrected chi connectivity index (χ1v) is 6.03. The second-order valence-electron chi connectivity index (χ2n) is 4.31. The lowest BCUT2D eigenvalue weighted by Gasteiger charge is -2.11. The van der Waals surface area contributed by atoms with Crippen molar-refractivity contribution in [1.29, 1.82) is 5.26 Å². The number of nitriles is 1. The molecule has 1 aliphatic rings. The van der Waals surface area contributed by atoms with E-state index in [1.54, 1.807) is 6.07 Å². The van der Waals surface area contributed by atoms with Crippen molar-refractivity contribution in [3.8, 4) is 6.07 Å². The Morgan fingerprint density at radius 2 is 2.47 bits per heavy atom. The fourth-order valence-electron chi connectivity index (χ4n) is 2.01. The lowest BCUT2D eigenvalue weighted by Crippen LogP contribution is -2.13. The van der Waals surface area contributed by atoms with E-state index in [0.717, 1.165) is 38.1 Å². The number of anilines is 1. The van der Waals surface area contributed by atoms with E-state index < -0.39 is 0 Å². The molecule has 4 nitrogen and oxygen atoms in total. The summed E-state index contributed by atoms with van der Waals surface area (Å²) in [5.74, 6) is 0.686. The minimum Gasteiger partial charge on any atom is -0.378 e. The fourth-order valence-corrected chi connectivity index (χ4v) is 2.01. The van der Waals surface area contributed by atoms with Gasteiger partial charge in [0.1, 0.15) is 11.9 Å². The van der Waals surface area contributed by atoms with Crippen molar-refractivity contribution < 1.29 is 4.74 Å². The summed E-state index contributed by atoms with van der Waals surface area (Å²) >= 11 is 0. The van der Waals surface area contributed by atoms with E-state index >= 15 is 0 Å². The zero-order valence-corrected chi connectivity index (χ0v) is 10.1. The highest BCUT2D eigenvalue weighted by Gasteiger charge is 2.14. The Hall–Kier alpha value is -1.60. The first-order valence-electron chi connectivity index (χ1n) is 6.03. The quantitative estimate of drug-likeness (QED) is 0.863. The monoisotopic (exact) mass is 231 g/mol. The van der Waals surface area contributed by atoms with E-state index in [1.165, 1.54) is 0 Å². The summed E-state index contributed by atoms with van der Waals surface area (Å²) < 4.78 is 5.55. The topological polar surface area (TPSA) is 57.9 Å². The van der Waals surface area contributed by atoms with E-state index in [4.69, 9.17) is 10.00 Å². The average molecular weight is 231 g/mol.